The number of rotatable bonds is 5. The maximum Gasteiger partial charge on any atom is 0.137 e. The standard InChI is InChI=1S/C13H20ClNO2/c1-9(2)13(3,16)8-15-10-5-6-12(17-4)11(14)7-10/h5-7,9,15-16H,8H2,1-4H3. The van der Waals surface area contributed by atoms with E-state index in [4.69, 9.17) is 16.3 Å². The number of benzene rings is 1. The maximum atomic E-state index is 10.1. The second kappa shape index (κ2) is 5.61. The Balaban J connectivity index is 2.67. The van der Waals surface area contributed by atoms with Gasteiger partial charge in [-0.1, -0.05) is 25.4 Å². The molecule has 0 heterocycles. The van der Waals surface area contributed by atoms with Crippen LogP contribution in [0, 0.1) is 5.92 Å². The number of hydrogen-bond acceptors (Lipinski definition) is 3. The van der Waals surface area contributed by atoms with Crippen LogP contribution >= 0.6 is 11.6 Å². The van der Waals surface area contributed by atoms with Crippen LogP contribution in [0.25, 0.3) is 0 Å². The van der Waals surface area contributed by atoms with Crippen LogP contribution in [0.5, 0.6) is 5.75 Å². The lowest BCUT2D eigenvalue weighted by Crippen LogP contribution is -2.38. The molecule has 0 aliphatic heterocycles. The Bertz CT molecular complexity index is 378. The molecule has 0 fully saturated rings. The molecule has 0 saturated carbocycles. The van der Waals surface area contributed by atoms with Gasteiger partial charge in [0.2, 0.25) is 0 Å². The van der Waals surface area contributed by atoms with Gasteiger partial charge < -0.3 is 15.2 Å². The molecule has 2 N–H and O–H groups in total. The number of ether oxygens (including phenoxy) is 1. The highest BCUT2D eigenvalue weighted by molar-refractivity contribution is 6.32. The number of nitrogens with one attached hydrogen (secondary N) is 1. The van der Waals surface area contributed by atoms with Gasteiger partial charge in [0.05, 0.1) is 17.7 Å². The summed E-state index contributed by atoms with van der Waals surface area (Å²) in [5.74, 6) is 0.830. The normalized spacial score (nSPS) is 14.5. The summed E-state index contributed by atoms with van der Waals surface area (Å²) >= 11 is 6.01. The monoisotopic (exact) mass is 257 g/mol. The first kappa shape index (κ1) is 14.1. The minimum atomic E-state index is -0.744. The van der Waals surface area contributed by atoms with Crippen molar-refractivity contribution in [3.8, 4) is 5.75 Å². The van der Waals surface area contributed by atoms with Crippen LogP contribution in [0.1, 0.15) is 20.8 Å². The van der Waals surface area contributed by atoms with E-state index in [-0.39, 0.29) is 5.92 Å². The third-order valence-electron chi connectivity index (χ3n) is 3.05. The fourth-order valence-corrected chi connectivity index (χ4v) is 1.52. The Labute approximate surface area is 108 Å². The van der Waals surface area contributed by atoms with E-state index < -0.39 is 5.60 Å². The summed E-state index contributed by atoms with van der Waals surface area (Å²) in [5, 5.41) is 13.8. The number of halogens is 1. The van der Waals surface area contributed by atoms with E-state index in [1.165, 1.54) is 0 Å². The van der Waals surface area contributed by atoms with Crippen molar-refractivity contribution in [3.63, 3.8) is 0 Å². The van der Waals surface area contributed by atoms with Crippen molar-refractivity contribution in [2.75, 3.05) is 19.0 Å². The van der Waals surface area contributed by atoms with E-state index in [0.29, 0.717) is 17.3 Å². The zero-order valence-corrected chi connectivity index (χ0v) is 11.5. The molecule has 4 heteroatoms. The fraction of sp³-hybridized carbons (Fsp3) is 0.538. The first-order valence-electron chi connectivity index (χ1n) is 5.66. The highest BCUT2D eigenvalue weighted by atomic mass is 35.5. The van der Waals surface area contributed by atoms with Gasteiger partial charge in [0.25, 0.3) is 0 Å². The Morgan fingerprint density at radius 2 is 2.12 bits per heavy atom. The van der Waals surface area contributed by atoms with Crippen LogP contribution in [0.4, 0.5) is 5.69 Å². The Morgan fingerprint density at radius 1 is 1.47 bits per heavy atom. The van der Waals surface area contributed by atoms with E-state index in [1.54, 1.807) is 19.2 Å². The van der Waals surface area contributed by atoms with Crippen LogP contribution < -0.4 is 10.1 Å². The molecule has 0 saturated heterocycles. The molecule has 0 aromatic heterocycles. The van der Waals surface area contributed by atoms with E-state index in [9.17, 15) is 5.11 Å². The molecule has 0 bridgehead atoms. The number of methoxy groups -OCH3 is 1. The molecule has 0 spiro atoms. The molecule has 0 aliphatic rings. The summed E-state index contributed by atoms with van der Waals surface area (Å²) < 4.78 is 5.07. The second-order valence-corrected chi connectivity index (χ2v) is 5.12. The summed E-state index contributed by atoms with van der Waals surface area (Å²) in [5.41, 5.74) is 0.128. The first-order valence-corrected chi connectivity index (χ1v) is 6.04. The van der Waals surface area contributed by atoms with Gasteiger partial charge in [-0.05, 0) is 31.0 Å². The molecule has 1 aromatic rings. The topological polar surface area (TPSA) is 41.5 Å². The van der Waals surface area contributed by atoms with Gasteiger partial charge in [0.1, 0.15) is 5.75 Å². The van der Waals surface area contributed by atoms with Crippen molar-refractivity contribution >= 4 is 17.3 Å². The zero-order chi connectivity index (χ0) is 13.1. The molecule has 0 aliphatic carbocycles. The minimum Gasteiger partial charge on any atom is -0.495 e. The quantitative estimate of drug-likeness (QED) is 0.851. The molecule has 1 atom stereocenters. The summed E-state index contributed by atoms with van der Waals surface area (Å²) in [6.45, 7) is 6.27. The maximum absolute atomic E-state index is 10.1. The van der Waals surface area contributed by atoms with Gasteiger partial charge in [-0.15, -0.1) is 0 Å². The number of anilines is 1. The predicted molar refractivity (Wildman–Crippen MR) is 72.0 cm³/mol. The summed E-state index contributed by atoms with van der Waals surface area (Å²) in [6, 6.07) is 5.46. The molecule has 96 valence electrons. The van der Waals surface area contributed by atoms with E-state index in [2.05, 4.69) is 5.32 Å². The van der Waals surface area contributed by atoms with Gasteiger partial charge in [-0.2, -0.15) is 0 Å². The molecule has 1 unspecified atom stereocenters. The molecule has 0 radical (unpaired) electrons. The summed E-state index contributed by atoms with van der Waals surface area (Å²) in [6.07, 6.45) is 0. The average Bonchev–Trinajstić information content (AvgIpc) is 2.26. The minimum absolute atomic E-state index is 0.184. The molecule has 1 aromatic carbocycles. The third-order valence-corrected chi connectivity index (χ3v) is 3.34. The summed E-state index contributed by atoms with van der Waals surface area (Å²) in [4.78, 5) is 0. The van der Waals surface area contributed by atoms with E-state index in [1.807, 2.05) is 26.8 Å². The highest BCUT2D eigenvalue weighted by Crippen LogP contribution is 2.27. The molecular weight excluding hydrogens is 238 g/mol. The van der Waals surface area contributed by atoms with Crippen LogP contribution in [0.15, 0.2) is 18.2 Å². The highest BCUT2D eigenvalue weighted by Gasteiger charge is 2.24. The van der Waals surface area contributed by atoms with Crippen molar-refractivity contribution in [1.82, 2.24) is 0 Å². The number of aliphatic hydroxyl groups is 1. The second-order valence-electron chi connectivity index (χ2n) is 4.71. The largest absolute Gasteiger partial charge is 0.495 e. The fourth-order valence-electron chi connectivity index (χ4n) is 1.26. The van der Waals surface area contributed by atoms with E-state index in [0.717, 1.165) is 5.69 Å². The lowest BCUT2D eigenvalue weighted by Gasteiger charge is -2.28. The van der Waals surface area contributed by atoms with Crippen LogP contribution in [0.3, 0.4) is 0 Å². The lowest BCUT2D eigenvalue weighted by molar-refractivity contribution is 0.0266. The van der Waals surface area contributed by atoms with Crippen LogP contribution in [-0.2, 0) is 0 Å². The summed E-state index contributed by atoms with van der Waals surface area (Å²) in [7, 11) is 1.58. The van der Waals surface area contributed by atoms with Gasteiger partial charge in [0.15, 0.2) is 0 Å². The number of hydrogen-bond donors (Lipinski definition) is 2. The van der Waals surface area contributed by atoms with Gasteiger partial charge in [-0.25, -0.2) is 0 Å². The third kappa shape index (κ3) is 3.79. The Hall–Kier alpha value is -0.930. The first-order chi connectivity index (χ1) is 7.86. The molecular formula is C13H20ClNO2. The van der Waals surface area contributed by atoms with Crippen molar-refractivity contribution in [2.45, 2.75) is 26.4 Å². The molecule has 0 amide bonds. The van der Waals surface area contributed by atoms with Gasteiger partial charge in [-0.3, -0.25) is 0 Å². The van der Waals surface area contributed by atoms with Crippen molar-refractivity contribution in [3.05, 3.63) is 23.2 Å². The predicted octanol–water partition coefficient (Wildman–Crippen LogP) is 3.17. The van der Waals surface area contributed by atoms with Gasteiger partial charge in [0, 0.05) is 12.2 Å². The average molecular weight is 258 g/mol. The molecule has 3 nitrogen and oxygen atoms in total. The SMILES string of the molecule is COc1ccc(NCC(C)(O)C(C)C)cc1Cl. The van der Waals surface area contributed by atoms with Crippen molar-refractivity contribution in [1.29, 1.82) is 0 Å². The zero-order valence-electron chi connectivity index (χ0n) is 10.7. The van der Waals surface area contributed by atoms with E-state index >= 15 is 0 Å². The Morgan fingerprint density at radius 3 is 2.59 bits per heavy atom. The van der Waals surface area contributed by atoms with Crippen molar-refractivity contribution in [2.24, 2.45) is 5.92 Å². The lowest BCUT2D eigenvalue weighted by atomic mass is 9.92. The van der Waals surface area contributed by atoms with Crippen molar-refractivity contribution < 1.29 is 9.84 Å². The van der Waals surface area contributed by atoms with Gasteiger partial charge >= 0.3 is 0 Å². The molecule has 1 rings (SSSR count). The Kier molecular flexibility index (Phi) is 4.66. The smallest absolute Gasteiger partial charge is 0.137 e. The molecule has 17 heavy (non-hydrogen) atoms. The van der Waals surface area contributed by atoms with Crippen LogP contribution in [-0.4, -0.2) is 24.4 Å². The van der Waals surface area contributed by atoms with Crippen LogP contribution in [0.2, 0.25) is 5.02 Å².